The zero-order valence-corrected chi connectivity index (χ0v) is 46.8. The van der Waals surface area contributed by atoms with E-state index in [4.69, 9.17) is 4.12 Å². The van der Waals surface area contributed by atoms with Crippen molar-refractivity contribution in [2.45, 2.75) is 211 Å². The van der Waals surface area contributed by atoms with Gasteiger partial charge < -0.3 is 4.12 Å². The number of imide groups is 4. The summed E-state index contributed by atoms with van der Waals surface area (Å²) in [4.78, 5) is 118. The number of fused-ring (bicyclic) bond motifs is 6. The number of likely N-dealkylation sites (tertiary alicyclic amines) is 4. The van der Waals surface area contributed by atoms with E-state index in [1.165, 1.54) is 22.6 Å². The van der Waals surface area contributed by atoms with E-state index in [-0.39, 0.29) is 125 Å². The summed E-state index contributed by atoms with van der Waals surface area (Å²) in [6.07, 6.45) is 20.9. The molecule has 0 radical (unpaired) electrons. The maximum Gasteiger partial charge on any atom is 0.233 e. The van der Waals surface area contributed by atoms with Gasteiger partial charge >= 0.3 is 0 Å². The van der Waals surface area contributed by atoms with Crippen LogP contribution in [0.3, 0.4) is 0 Å². The van der Waals surface area contributed by atoms with Gasteiger partial charge in [-0.25, -0.2) is 0 Å². The van der Waals surface area contributed by atoms with Crippen molar-refractivity contribution >= 4 is 63.9 Å². The molecule has 72 heavy (non-hydrogen) atoms. The molecule has 4 aliphatic heterocycles. The number of unbranched alkanes of at least 4 members (excludes halogenated alkanes) is 1. The number of rotatable bonds is 15. The molecule has 6 aliphatic carbocycles. The Hall–Kier alpha value is -3.05. The molecule has 6 saturated carbocycles. The second-order valence-corrected chi connectivity index (χ2v) is 35.4. The van der Waals surface area contributed by atoms with E-state index < -0.39 is 34.4 Å². The summed E-state index contributed by atoms with van der Waals surface area (Å²) in [5.41, 5.74) is 0. The van der Waals surface area contributed by atoms with Crippen molar-refractivity contribution in [3.05, 3.63) is 0 Å². The van der Waals surface area contributed by atoms with Crippen LogP contribution < -0.4 is 0 Å². The summed E-state index contributed by atoms with van der Waals surface area (Å²) in [5.74, 6) is -0.957. The predicted octanol–water partition coefficient (Wildman–Crippen LogP) is 9.35. The summed E-state index contributed by atoms with van der Waals surface area (Å²) in [6, 6.07) is 1.91. The molecule has 0 spiro atoms. The van der Waals surface area contributed by atoms with Gasteiger partial charge in [0.1, 0.15) is 0 Å². The predicted molar refractivity (Wildman–Crippen MR) is 277 cm³/mol. The SMILES string of the molecule is CCCC[Si](C)(C)O[Si](C)(C)CCCN1C(=O)CC(C2CC3C(=O)N(C4CCC(CC5CCC(N6C(=O)CC(C7CC8C(=O)N(C)C(=O)C8C8CCCCC78)C6=O)CC5)CC4)C(=O)C3C3CCCCC23)C1=O. The number of nitrogens with zero attached hydrogens (tertiary/aromatic N) is 4. The molecule has 13 nitrogen and oxygen atoms in total. The maximum absolute atomic E-state index is 14.6. The molecular weight excluding hydrogens is 941 g/mol. The monoisotopic (exact) mass is 1030 g/mol. The van der Waals surface area contributed by atoms with Crippen LogP contribution in [0.4, 0.5) is 0 Å². The third-order valence-corrected chi connectivity index (χ3v) is 29.0. The fourth-order valence-corrected chi connectivity index (χ4v) is 27.2. The smallest absolute Gasteiger partial charge is 0.233 e. The van der Waals surface area contributed by atoms with Gasteiger partial charge in [-0.3, -0.25) is 58.0 Å². The minimum absolute atomic E-state index is 0.0266. The molecule has 0 aromatic heterocycles. The highest BCUT2D eigenvalue weighted by atomic mass is 28.4. The first-order valence-electron chi connectivity index (χ1n) is 29.5. The molecule has 10 rings (SSSR count). The van der Waals surface area contributed by atoms with E-state index in [0.717, 1.165) is 128 Å². The van der Waals surface area contributed by atoms with Crippen molar-refractivity contribution in [2.24, 2.45) is 82.9 Å². The van der Waals surface area contributed by atoms with Crippen LogP contribution in [0.5, 0.6) is 0 Å². The number of carbonyl (C=O) groups excluding carboxylic acids is 8. The summed E-state index contributed by atoms with van der Waals surface area (Å²) in [5, 5.41) is 0. The molecule has 12 unspecified atom stereocenters. The first-order valence-corrected chi connectivity index (χ1v) is 35.7. The van der Waals surface area contributed by atoms with Gasteiger partial charge in [-0.2, -0.15) is 0 Å². The van der Waals surface area contributed by atoms with E-state index >= 15 is 0 Å². The van der Waals surface area contributed by atoms with Crippen molar-refractivity contribution in [3.8, 4) is 0 Å². The molecule has 0 bridgehead atoms. The van der Waals surface area contributed by atoms with Crippen molar-refractivity contribution in [1.82, 2.24) is 19.6 Å². The van der Waals surface area contributed by atoms with Crippen LogP contribution in [-0.2, 0) is 42.5 Å². The fraction of sp³-hybridized carbons (Fsp3) is 0.860. The Kier molecular flexibility index (Phi) is 15.2. The maximum atomic E-state index is 14.6. The van der Waals surface area contributed by atoms with Crippen LogP contribution in [0.1, 0.15) is 161 Å². The normalized spacial score (nSPS) is 39.8. The molecular formula is C57H88N4O9Si2. The van der Waals surface area contributed by atoms with E-state index in [1.54, 1.807) is 16.8 Å². The Labute approximate surface area is 432 Å². The molecule has 15 heteroatoms. The lowest BCUT2D eigenvalue weighted by Gasteiger charge is -2.47. The molecule has 0 aromatic rings. The number of carbonyl (C=O) groups is 8. The quantitative estimate of drug-likeness (QED) is 0.115. The average molecular weight is 1030 g/mol. The van der Waals surface area contributed by atoms with Crippen molar-refractivity contribution in [1.29, 1.82) is 0 Å². The van der Waals surface area contributed by atoms with Gasteiger partial charge in [-0.15, -0.1) is 0 Å². The van der Waals surface area contributed by atoms with Gasteiger partial charge in [0, 0.05) is 38.5 Å². The van der Waals surface area contributed by atoms with Crippen LogP contribution in [0.2, 0.25) is 38.3 Å². The lowest BCUT2D eigenvalue weighted by Crippen LogP contribution is -2.48. The van der Waals surface area contributed by atoms with Gasteiger partial charge in [0.15, 0.2) is 16.6 Å². The van der Waals surface area contributed by atoms with E-state index in [9.17, 15) is 38.4 Å². The Morgan fingerprint density at radius 1 is 0.472 bits per heavy atom. The van der Waals surface area contributed by atoms with Crippen molar-refractivity contribution < 1.29 is 42.5 Å². The summed E-state index contributed by atoms with van der Waals surface area (Å²) in [7, 11) is -2.12. The molecule has 0 N–H and O–H groups in total. The van der Waals surface area contributed by atoms with E-state index in [1.807, 2.05) is 0 Å². The average Bonchev–Trinajstić information content (AvgIpc) is 3.99. The Bertz CT molecular complexity index is 2150. The highest BCUT2D eigenvalue weighted by Gasteiger charge is 2.63. The lowest BCUT2D eigenvalue weighted by molar-refractivity contribution is -0.146. The second kappa shape index (κ2) is 20.8. The van der Waals surface area contributed by atoms with Crippen molar-refractivity contribution in [3.63, 3.8) is 0 Å². The van der Waals surface area contributed by atoms with E-state index in [0.29, 0.717) is 31.2 Å². The van der Waals surface area contributed by atoms with Crippen LogP contribution in [0.15, 0.2) is 0 Å². The highest BCUT2D eigenvalue weighted by Crippen LogP contribution is 2.58. The topological polar surface area (TPSA) is 159 Å². The molecule has 398 valence electrons. The highest BCUT2D eigenvalue weighted by molar-refractivity contribution is 6.84. The first kappa shape index (κ1) is 52.4. The van der Waals surface area contributed by atoms with Gasteiger partial charge in [-0.05, 0) is 188 Å². The summed E-state index contributed by atoms with van der Waals surface area (Å²) < 4.78 is 6.83. The zero-order valence-electron chi connectivity index (χ0n) is 44.8. The van der Waals surface area contributed by atoms with Crippen molar-refractivity contribution in [2.75, 3.05) is 13.6 Å². The van der Waals surface area contributed by atoms with Gasteiger partial charge in [0.05, 0.1) is 35.5 Å². The molecule has 8 amide bonds. The lowest BCUT2D eigenvalue weighted by atomic mass is 9.55. The molecule has 10 aliphatic rings. The van der Waals surface area contributed by atoms with Crippen LogP contribution in [-0.4, -0.2) is 109 Å². The Morgan fingerprint density at radius 2 is 0.931 bits per heavy atom. The molecule has 4 saturated heterocycles. The van der Waals surface area contributed by atoms with Crippen LogP contribution in [0, 0.1) is 82.9 Å². The Morgan fingerprint density at radius 3 is 1.49 bits per heavy atom. The van der Waals surface area contributed by atoms with Gasteiger partial charge in [0.2, 0.25) is 47.3 Å². The Balaban J connectivity index is 0.708. The number of hydrogen-bond acceptors (Lipinski definition) is 9. The fourth-order valence-electron chi connectivity index (χ4n) is 18.2. The number of amides is 8. The molecule has 12 atom stereocenters. The minimum atomic E-state index is -1.96. The first-order chi connectivity index (χ1) is 34.4. The minimum Gasteiger partial charge on any atom is -0.455 e. The third kappa shape index (κ3) is 9.74. The van der Waals surface area contributed by atoms with Crippen LogP contribution >= 0.6 is 0 Å². The van der Waals surface area contributed by atoms with Gasteiger partial charge in [-0.1, -0.05) is 45.4 Å². The molecule has 0 aromatic carbocycles. The van der Waals surface area contributed by atoms with Crippen LogP contribution in [0.25, 0.3) is 0 Å². The second-order valence-electron chi connectivity index (χ2n) is 26.6. The third-order valence-electron chi connectivity index (χ3n) is 21.4. The number of hydrogen-bond donors (Lipinski definition) is 0. The summed E-state index contributed by atoms with van der Waals surface area (Å²) >= 11 is 0. The largest absolute Gasteiger partial charge is 0.455 e. The summed E-state index contributed by atoms with van der Waals surface area (Å²) in [6.45, 7) is 11.8. The van der Waals surface area contributed by atoms with E-state index in [2.05, 4.69) is 33.1 Å². The molecule has 4 heterocycles. The zero-order chi connectivity index (χ0) is 51.0. The standard InChI is InChI=1S/C57H88N4O9Si2/c1-7-8-27-71(3,4)70-72(5,6)28-13-26-59-48(62)32-44(53(59)65)42-31-47-51(41-17-12-10-15-39(41)42)57(69)61(55(47)67)37-24-20-35(21-25-37)29-34-18-22-36(23-19-34)60-49(63)33-45(54(60)66)43-30-46-50(56(68)58(2)52(46)64)40-16-11-9-14-38(40)43/h34-47,50-51H,7-33H2,1-6H3. The molecule has 10 fully saturated rings. The van der Waals surface area contributed by atoms with Gasteiger partial charge in [0.25, 0.3) is 0 Å².